The average Bonchev–Trinajstić information content (AvgIpc) is 2.57. The molecule has 7 heteroatoms. The minimum Gasteiger partial charge on any atom is -0.376 e. The number of hydrogen-bond donors (Lipinski definition) is 2. The summed E-state index contributed by atoms with van der Waals surface area (Å²) in [6.07, 6.45) is 0. The summed E-state index contributed by atoms with van der Waals surface area (Å²) in [5, 5.41) is 7.95. The first kappa shape index (κ1) is 17.6. The van der Waals surface area contributed by atoms with E-state index < -0.39 is 0 Å². The number of hydrogen-bond acceptors (Lipinski definition) is 3. The van der Waals surface area contributed by atoms with Gasteiger partial charge in [0.15, 0.2) is 0 Å². The molecule has 0 unspecified atom stereocenters. The molecule has 0 aliphatic heterocycles. The lowest BCUT2D eigenvalue weighted by Gasteiger charge is -2.08. The SMILES string of the molecule is C/C(=N\NC(=O)CNc1ccccc1)c1ccc(Cl)c(Cl)c1Cl. The summed E-state index contributed by atoms with van der Waals surface area (Å²) >= 11 is 18.0. The van der Waals surface area contributed by atoms with Crippen LogP contribution >= 0.6 is 34.8 Å². The molecule has 0 fully saturated rings. The first-order valence-corrected chi connectivity index (χ1v) is 7.88. The number of benzene rings is 2. The van der Waals surface area contributed by atoms with Gasteiger partial charge in [-0.1, -0.05) is 59.1 Å². The molecule has 0 aromatic heterocycles. The molecular formula is C16H14Cl3N3O. The molecule has 0 aliphatic carbocycles. The molecule has 0 radical (unpaired) electrons. The van der Waals surface area contributed by atoms with Gasteiger partial charge in [0.1, 0.15) is 0 Å². The quantitative estimate of drug-likeness (QED) is 0.459. The van der Waals surface area contributed by atoms with Crippen molar-refractivity contribution >= 4 is 52.1 Å². The maximum atomic E-state index is 11.8. The molecule has 2 aromatic rings. The lowest BCUT2D eigenvalue weighted by Crippen LogP contribution is -2.26. The highest BCUT2D eigenvalue weighted by Gasteiger charge is 2.11. The Morgan fingerprint density at radius 3 is 2.43 bits per heavy atom. The number of hydrazone groups is 1. The van der Waals surface area contributed by atoms with Crippen LogP contribution in [0.15, 0.2) is 47.6 Å². The van der Waals surface area contributed by atoms with Crippen molar-refractivity contribution in [3.05, 3.63) is 63.1 Å². The normalized spacial score (nSPS) is 11.2. The summed E-state index contributed by atoms with van der Waals surface area (Å²) < 4.78 is 0. The van der Waals surface area contributed by atoms with Crippen LogP contribution in [0.1, 0.15) is 12.5 Å². The molecule has 2 N–H and O–H groups in total. The smallest absolute Gasteiger partial charge is 0.259 e. The van der Waals surface area contributed by atoms with Crippen LogP contribution in [0, 0.1) is 0 Å². The Kier molecular flexibility index (Phi) is 6.28. The van der Waals surface area contributed by atoms with Gasteiger partial charge in [0.2, 0.25) is 0 Å². The highest BCUT2D eigenvalue weighted by atomic mass is 35.5. The van der Waals surface area contributed by atoms with Crippen LogP contribution in [0.25, 0.3) is 0 Å². The lowest BCUT2D eigenvalue weighted by molar-refractivity contribution is -0.119. The zero-order valence-corrected chi connectivity index (χ0v) is 14.5. The second kappa shape index (κ2) is 8.20. The molecule has 0 spiro atoms. The van der Waals surface area contributed by atoms with Gasteiger partial charge in [-0.15, -0.1) is 0 Å². The molecule has 0 aliphatic rings. The van der Waals surface area contributed by atoms with E-state index in [1.807, 2.05) is 30.3 Å². The fourth-order valence-electron chi connectivity index (χ4n) is 1.79. The molecule has 0 saturated heterocycles. The highest BCUT2D eigenvalue weighted by Crippen LogP contribution is 2.32. The second-order valence-electron chi connectivity index (χ2n) is 4.67. The van der Waals surface area contributed by atoms with Crippen LogP contribution in [0.3, 0.4) is 0 Å². The van der Waals surface area contributed by atoms with Crippen LogP contribution in [0.5, 0.6) is 0 Å². The second-order valence-corrected chi connectivity index (χ2v) is 5.84. The van der Waals surface area contributed by atoms with Crippen LogP contribution < -0.4 is 10.7 Å². The van der Waals surface area contributed by atoms with Crippen LogP contribution in [0.4, 0.5) is 5.69 Å². The van der Waals surface area contributed by atoms with Gasteiger partial charge < -0.3 is 5.32 Å². The van der Waals surface area contributed by atoms with Crippen molar-refractivity contribution in [2.45, 2.75) is 6.92 Å². The Morgan fingerprint density at radius 1 is 1.04 bits per heavy atom. The maximum absolute atomic E-state index is 11.8. The Bertz CT molecular complexity index is 733. The van der Waals surface area contributed by atoms with E-state index in [1.165, 1.54) is 0 Å². The van der Waals surface area contributed by atoms with E-state index in [2.05, 4.69) is 15.8 Å². The summed E-state index contributed by atoms with van der Waals surface area (Å²) in [7, 11) is 0. The molecule has 0 bridgehead atoms. The fraction of sp³-hybridized carbons (Fsp3) is 0.125. The average molecular weight is 371 g/mol. The van der Waals surface area contributed by atoms with E-state index in [0.29, 0.717) is 21.3 Å². The Hall–Kier alpha value is -1.75. The first-order valence-electron chi connectivity index (χ1n) is 6.75. The van der Waals surface area contributed by atoms with Gasteiger partial charge in [-0.05, 0) is 25.1 Å². The summed E-state index contributed by atoms with van der Waals surface area (Å²) in [6, 6.07) is 12.7. The van der Waals surface area contributed by atoms with Gasteiger partial charge in [-0.25, -0.2) is 5.43 Å². The van der Waals surface area contributed by atoms with Crippen LogP contribution in [-0.2, 0) is 4.79 Å². The highest BCUT2D eigenvalue weighted by molar-refractivity contribution is 6.49. The minimum atomic E-state index is -0.274. The van der Waals surface area contributed by atoms with E-state index in [-0.39, 0.29) is 17.5 Å². The number of anilines is 1. The van der Waals surface area contributed by atoms with Crippen molar-refractivity contribution in [3.63, 3.8) is 0 Å². The van der Waals surface area contributed by atoms with Crippen molar-refractivity contribution in [2.75, 3.05) is 11.9 Å². The number of carbonyl (C=O) groups excluding carboxylic acids is 1. The number of carbonyl (C=O) groups is 1. The number of halogens is 3. The van der Waals surface area contributed by atoms with Gasteiger partial charge in [0.25, 0.3) is 5.91 Å². The molecule has 0 saturated carbocycles. The predicted molar refractivity (Wildman–Crippen MR) is 96.8 cm³/mol. The van der Waals surface area contributed by atoms with Crippen molar-refractivity contribution in [1.29, 1.82) is 0 Å². The van der Waals surface area contributed by atoms with Crippen molar-refractivity contribution in [2.24, 2.45) is 5.10 Å². The van der Waals surface area contributed by atoms with Gasteiger partial charge in [-0.2, -0.15) is 5.10 Å². The Labute approximate surface area is 149 Å². The van der Waals surface area contributed by atoms with E-state index in [1.54, 1.807) is 19.1 Å². The van der Waals surface area contributed by atoms with Crippen molar-refractivity contribution in [3.8, 4) is 0 Å². The molecule has 2 rings (SSSR count). The zero-order valence-electron chi connectivity index (χ0n) is 12.2. The molecule has 23 heavy (non-hydrogen) atoms. The lowest BCUT2D eigenvalue weighted by atomic mass is 10.1. The van der Waals surface area contributed by atoms with Gasteiger partial charge in [0.05, 0.1) is 27.3 Å². The molecule has 4 nitrogen and oxygen atoms in total. The van der Waals surface area contributed by atoms with Crippen LogP contribution in [0.2, 0.25) is 15.1 Å². The predicted octanol–water partition coefficient (Wildman–Crippen LogP) is 4.60. The number of rotatable bonds is 5. The van der Waals surface area contributed by atoms with Gasteiger partial charge >= 0.3 is 0 Å². The van der Waals surface area contributed by atoms with Crippen LogP contribution in [-0.4, -0.2) is 18.2 Å². The third-order valence-corrected chi connectivity index (χ3v) is 4.29. The third-order valence-electron chi connectivity index (χ3n) is 3.00. The maximum Gasteiger partial charge on any atom is 0.259 e. The van der Waals surface area contributed by atoms with Crippen molar-refractivity contribution < 1.29 is 4.79 Å². The molecule has 0 atom stereocenters. The summed E-state index contributed by atoms with van der Waals surface area (Å²) in [5.74, 6) is -0.274. The summed E-state index contributed by atoms with van der Waals surface area (Å²) in [6.45, 7) is 1.83. The van der Waals surface area contributed by atoms with E-state index in [0.717, 1.165) is 5.69 Å². The molecular weight excluding hydrogens is 357 g/mol. The van der Waals surface area contributed by atoms with E-state index in [4.69, 9.17) is 34.8 Å². The molecule has 120 valence electrons. The number of para-hydroxylation sites is 1. The van der Waals surface area contributed by atoms with Gasteiger partial charge in [-0.3, -0.25) is 4.79 Å². The summed E-state index contributed by atoms with van der Waals surface area (Å²) in [5.41, 5.74) is 4.46. The van der Waals surface area contributed by atoms with Gasteiger partial charge in [0, 0.05) is 11.3 Å². The number of nitrogens with zero attached hydrogens (tertiary/aromatic N) is 1. The topological polar surface area (TPSA) is 53.5 Å². The Morgan fingerprint density at radius 2 is 1.74 bits per heavy atom. The zero-order chi connectivity index (χ0) is 16.8. The van der Waals surface area contributed by atoms with E-state index >= 15 is 0 Å². The largest absolute Gasteiger partial charge is 0.376 e. The molecule has 1 amide bonds. The molecule has 2 aromatic carbocycles. The minimum absolute atomic E-state index is 0.107. The third kappa shape index (κ3) is 4.86. The Balaban J connectivity index is 1.97. The van der Waals surface area contributed by atoms with E-state index in [9.17, 15) is 4.79 Å². The molecule has 0 heterocycles. The van der Waals surface area contributed by atoms with Crippen molar-refractivity contribution in [1.82, 2.24) is 5.43 Å². The monoisotopic (exact) mass is 369 g/mol. The number of nitrogens with one attached hydrogen (secondary N) is 2. The standard InChI is InChI=1S/C16H14Cl3N3O/c1-10(12-7-8-13(17)16(19)15(12)18)21-22-14(23)9-20-11-5-3-2-4-6-11/h2-8,20H,9H2,1H3,(H,22,23)/b21-10+. The summed E-state index contributed by atoms with van der Waals surface area (Å²) in [4.78, 5) is 11.8. The fourth-order valence-corrected chi connectivity index (χ4v) is 2.46. The first-order chi connectivity index (χ1) is 11.0. The number of amides is 1.